The lowest BCUT2D eigenvalue weighted by molar-refractivity contribution is -0.144. The van der Waals surface area contributed by atoms with Crippen molar-refractivity contribution in [3.05, 3.63) is 0 Å². The number of morpholine rings is 1. The number of aliphatic carboxylic acids is 1. The van der Waals surface area contributed by atoms with Gasteiger partial charge in [-0.15, -0.1) is 0 Å². The first kappa shape index (κ1) is 13.6. The summed E-state index contributed by atoms with van der Waals surface area (Å²) in [6.07, 6.45) is 2.93. The summed E-state index contributed by atoms with van der Waals surface area (Å²) in [6.45, 7) is 2.53. The van der Waals surface area contributed by atoms with Crippen LogP contribution in [0, 0.1) is 17.8 Å². The van der Waals surface area contributed by atoms with E-state index in [0.717, 1.165) is 19.3 Å². The van der Waals surface area contributed by atoms with E-state index >= 15 is 0 Å². The van der Waals surface area contributed by atoms with Gasteiger partial charge in [-0.2, -0.15) is 0 Å². The lowest BCUT2D eigenvalue weighted by atomic mass is 9.84. The van der Waals surface area contributed by atoms with Crippen molar-refractivity contribution >= 4 is 12.0 Å². The Morgan fingerprint density at radius 1 is 1.15 bits per heavy atom. The van der Waals surface area contributed by atoms with Gasteiger partial charge in [0.15, 0.2) is 0 Å². The number of nitrogens with one attached hydrogen (secondary N) is 2. The van der Waals surface area contributed by atoms with Crippen LogP contribution in [0.3, 0.4) is 0 Å². The molecule has 0 aromatic carbocycles. The second kappa shape index (κ2) is 5.57. The monoisotopic (exact) mass is 283 g/mol. The topological polar surface area (TPSA) is 90.9 Å². The van der Waals surface area contributed by atoms with Crippen molar-refractivity contribution in [1.29, 1.82) is 0 Å². The molecular weight excluding hydrogens is 262 g/mol. The Bertz CT molecular complexity index is 397. The number of carbonyl (C=O) groups is 2. The maximum atomic E-state index is 12.0. The van der Waals surface area contributed by atoms with Crippen LogP contribution in [0.15, 0.2) is 0 Å². The Morgan fingerprint density at radius 3 is 2.55 bits per heavy atom. The summed E-state index contributed by atoms with van der Waals surface area (Å²) in [5, 5.41) is 14.0. The van der Waals surface area contributed by atoms with Gasteiger partial charge in [0.1, 0.15) is 0 Å². The summed E-state index contributed by atoms with van der Waals surface area (Å²) < 4.78 is 5.21. The third kappa shape index (κ3) is 2.60. The number of rotatable bonds is 3. The number of amides is 2. The Morgan fingerprint density at radius 2 is 1.85 bits per heavy atom. The number of nitrogens with zero attached hydrogens (tertiary/aromatic N) is 1. The van der Waals surface area contributed by atoms with Gasteiger partial charge in [-0.05, 0) is 31.1 Å². The van der Waals surface area contributed by atoms with Crippen LogP contribution in [0.2, 0.25) is 0 Å². The van der Waals surface area contributed by atoms with Crippen LogP contribution in [0.1, 0.15) is 19.3 Å². The van der Waals surface area contributed by atoms with Gasteiger partial charge in [0.05, 0.1) is 19.1 Å². The van der Waals surface area contributed by atoms with Crippen LogP contribution in [-0.4, -0.2) is 54.5 Å². The molecule has 20 heavy (non-hydrogen) atoms. The van der Waals surface area contributed by atoms with E-state index in [9.17, 15) is 14.7 Å². The first-order valence-corrected chi connectivity index (χ1v) is 7.28. The highest BCUT2D eigenvalue weighted by molar-refractivity contribution is 5.77. The zero-order valence-electron chi connectivity index (χ0n) is 11.4. The summed E-state index contributed by atoms with van der Waals surface area (Å²) in [6, 6.07) is -0.525. The van der Waals surface area contributed by atoms with Gasteiger partial charge in [-0.1, -0.05) is 0 Å². The Hall–Kier alpha value is -1.34. The van der Waals surface area contributed by atoms with Gasteiger partial charge in [0.2, 0.25) is 0 Å². The molecule has 112 valence electrons. The highest BCUT2D eigenvalue weighted by Gasteiger charge is 2.51. The number of hydrogen-bond acceptors (Lipinski definition) is 4. The SMILES string of the molecule is O=C(NC1C2CCC(C2)C1C(=O)O)NN1CCOCC1. The predicted molar refractivity (Wildman–Crippen MR) is 69.8 cm³/mol. The van der Waals surface area contributed by atoms with E-state index in [1.807, 2.05) is 5.01 Å². The number of ether oxygens (including phenoxy) is 1. The van der Waals surface area contributed by atoms with E-state index < -0.39 is 11.9 Å². The molecule has 7 heteroatoms. The van der Waals surface area contributed by atoms with Crippen molar-refractivity contribution in [2.45, 2.75) is 25.3 Å². The van der Waals surface area contributed by atoms with Crippen molar-refractivity contribution in [3.63, 3.8) is 0 Å². The number of carbonyl (C=O) groups excluding carboxylic acids is 1. The summed E-state index contributed by atoms with van der Waals surface area (Å²) in [5.41, 5.74) is 2.78. The zero-order chi connectivity index (χ0) is 14.1. The molecule has 3 aliphatic rings. The summed E-state index contributed by atoms with van der Waals surface area (Å²) >= 11 is 0. The van der Waals surface area contributed by atoms with Crippen molar-refractivity contribution in [2.75, 3.05) is 26.3 Å². The lowest BCUT2D eigenvalue weighted by Gasteiger charge is -2.31. The second-order valence-corrected chi connectivity index (χ2v) is 5.91. The molecule has 2 amide bonds. The molecule has 2 saturated carbocycles. The highest BCUT2D eigenvalue weighted by atomic mass is 16.5. The van der Waals surface area contributed by atoms with E-state index in [0.29, 0.717) is 32.2 Å². The number of carboxylic acid groups (broad SMARTS) is 1. The molecule has 4 unspecified atom stereocenters. The molecule has 1 aliphatic heterocycles. The molecule has 0 aromatic rings. The van der Waals surface area contributed by atoms with Crippen LogP contribution < -0.4 is 10.7 Å². The van der Waals surface area contributed by atoms with E-state index in [-0.39, 0.29) is 18.0 Å². The van der Waals surface area contributed by atoms with Crippen molar-refractivity contribution in [1.82, 2.24) is 15.8 Å². The molecule has 1 heterocycles. The van der Waals surface area contributed by atoms with E-state index in [4.69, 9.17) is 4.74 Å². The van der Waals surface area contributed by atoms with Crippen molar-refractivity contribution < 1.29 is 19.4 Å². The molecule has 1 saturated heterocycles. The number of urea groups is 1. The fraction of sp³-hybridized carbons (Fsp3) is 0.846. The highest BCUT2D eigenvalue weighted by Crippen LogP contribution is 2.48. The van der Waals surface area contributed by atoms with Gasteiger partial charge >= 0.3 is 12.0 Å². The molecule has 3 rings (SSSR count). The third-order valence-corrected chi connectivity index (χ3v) is 4.77. The number of fused-ring (bicyclic) bond motifs is 2. The maximum Gasteiger partial charge on any atom is 0.329 e. The number of hydrogen-bond donors (Lipinski definition) is 3. The third-order valence-electron chi connectivity index (χ3n) is 4.77. The first-order valence-electron chi connectivity index (χ1n) is 7.28. The zero-order valence-corrected chi connectivity index (χ0v) is 11.4. The molecular formula is C13H21N3O4. The van der Waals surface area contributed by atoms with Gasteiger partial charge in [-0.25, -0.2) is 9.80 Å². The van der Waals surface area contributed by atoms with E-state index in [2.05, 4.69) is 10.7 Å². The summed E-state index contributed by atoms with van der Waals surface area (Å²) in [7, 11) is 0. The fourth-order valence-electron chi connectivity index (χ4n) is 3.86. The molecule has 0 spiro atoms. The Kier molecular flexibility index (Phi) is 3.80. The van der Waals surface area contributed by atoms with E-state index in [1.54, 1.807) is 0 Å². The Labute approximate surface area is 117 Å². The molecule has 7 nitrogen and oxygen atoms in total. The minimum atomic E-state index is -0.783. The minimum absolute atomic E-state index is 0.228. The first-order chi connectivity index (χ1) is 9.65. The smallest absolute Gasteiger partial charge is 0.329 e. The normalized spacial score (nSPS) is 36.8. The molecule has 4 atom stereocenters. The number of hydrazine groups is 1. The van der Waals surface area contributed by atoms with Gasteiger partial charge in [-0.3, -0.25) is 10.2 Å². The molecule has 2 aliphatic carbocycles. The average molecular weight is 283 g/mol. The van der Waals surface area contributed by atoms with E-state index in [1.165, 1.54) is 0 Å². The Balaban J connectivity index is 1.56. The van der Waals surface area contributed by atoms with Gasteiger partial charge in [0.25, 0.3) is 0 Å². The van der Waals surface area contributed by atoms with Crippen LogP contribution in [0.25, 0.3) is 0 Å². The fourth-order valence-corrected chi connectivity index (χ4v) is 3.86. The maximum absolute atomic E-state index is 12.0. The molecule has 3 N–H and O–H groups in total. The van der Waals surface area contributed by atoms with Crippen LogP contribution in [0.4, 0.5) is 4.79 Å². The predicted octanol–water partition coefficient (Wildman–Crippen LogP) is 0.0321. The minimum Gasteiger partial charge on any atom is -0.481 e. The average Bonchev–Trinajstić information content (AvgIpc) is 3.00. The summed E-state index contributed by atoms with van der Waals surface area (Å²) in [4.78, 5) is 23.4. The molecule has 0 radical (unpaired) electrons. The molecule has 3 fully saturated rings. The number of carboxylic acids is 1. The van der Waals surface area contributed by atoms with Gasteiger partial charge in [0, 0.05) is 19.1 Å². The largest absolute Gasteiger partial charge is 0.481 e. The van der Waals surface area contributed by atoms with Crippen LogP contribution >= 0.6 is 0 Å². The second-order valence-electron chi connectivity index (χ2n) is 5.91. The summed E-state index contributed by atoms with van der Waals surface area (Å²) in [5.74, 6) is -0.666. The van der Waals surface area contributed by atoms with Crippen molar-refractivity contribution in [3.8, 4) is 0 Å². The van der Waals surface area contributed by atoms with Crippen molar-refractivity contribution in [2.24, 2.45) is 17.8 Å². The van der Waals surface area contributed by atoms with Crippen LogP contribution in [-0.2, 0) is 9.53 Å². The lowest BCUT2D eigenvalue weighted by Crippen LogP contribution is -2.56. The standard InChI is InChI=1S/C13H21N3O4/c17-12(18)10-8-1-2-9(7-8)11(10)14-13(19)15-16-3-5-20-6-4-16/h8-11H,1-7H2,(H,17,18)(H2,14,15,19). The quantitative estimate of drug-likeness (QED) is 0.680. The van der Waals surface area contributed by atoms with Gasteiger partial charge < -0.3 is 15.2 Å². The molecule has 2 bridgehead atoms. The van der Waals surface area contributed by atoms with Crippen LogP contribution in [0.5, 0.6) is 0 Å². The molecule has 0 aromatic heterocycles.